The molecule has 152 valence electrons. The average molecular weight is 384 g/mol. The number of hydroxylamine groups is 2. The topological polar surface area (TPSA) is 79.4 Å². The average Bonchev–Trinajstić information content (AvgIpc) is 2.73. The highest BCUT2D eigenvalue weighted by atomic mass is 16.5. The van der Waals surface area contributed by atoms with E-state index in [2.05, 4.69) is 41.4 Å². The Morgan fingerprint density at radius 3 is 2.18 bits per heavy atom. The van der Waals surface area contributed by atoms with E-state index >= 15 is 0 Å². The molecule has 0 aliphatic carbocycles. The molecule has 5 nitrogen and oxygen atoms in total. The van der Waals surface area contributed by atoms with E-state index in [1.165, 1.54) is 36.8 Å². The van der Waals surface area contributed by atoms with Gasteiger partial charge in [0.1, 0.15) is 0 Å². The van der Waals surface area contributed by atoms with Gasteiger partial charge in [-0.1, -0.05) is 74.9 Å². The van der Waals surface area contributed by atoms with Gasteiger partial charge in [0.25, 0.3) is 0 Å². The van der Waals surface area contributed by atoms with Crippen LogP contribution < -0.4 is 5.73 Å². The minimum Gasteiger partial charge on any atom is -0.350 e. The summed E-state index contributed by atoms with van der Waals surface area (Å²) < 4.78 is 0. The Bertz CT molecular complexity index is 639. The summed E-state index contributed by atoms with van der Waals surface area (Å²) in [7, 11) is 0. The lowest BCUT2D eigenvalue weighted by Crippen LogP contribution is -2.39. The summed E-state index contributed by atoms with van der Waals surface area (Å²) in [5, 5.41) is 10.1. The van der Waals surface area contributed by atoms with E-state index in [1.54, 1.807) is 0 Å². The number of nitrogens with two attached hydrogens (primary N) is 1. The van der Waals surface area contributed by atoms with E-state index in [0.717, 1.165) is 25.7 Å². The second-order valence-corrected chi connectivity index (χ2v) is 7.48. The molecule has 0 saturated carbocycles. The van der Waals surface area contributed by atoms with Crippen LogP contribution in [0, 0.1) is 0 Å². The van der Waals surface area contributed by atoms with Crippen LogP contribution >= 0.6 is 0 Å². The molecule has 0 saturated heterocycles. The van der Waals surface area contributed by atoms with Gasteiger partial charge >= 0.3 is 6.03 Å². The van der Waals surface area contributed by atoms with Crippen molar-refractivity contribution in [1.29, 1.82) is 0 Å². The Hall–Kier alpha value is -2.40. The Kier molecular flexibility index (Phi) is 9.49. The smallest absolute Gasteiger partial charge is 0.338 e. The lowest BCUT2D eigenvalue weighted by atomic mass is 9.87. The summed E-state index contributed by atoms with van der Waals surface area (Å²) in [6, 6.07) is 13.9. The molecule has 0 fully saturated rings. The van der Waals surface area contributed by atoms with Crippen molar-refractivity contribution in [1.82, 2.24) is 10.0 Å². The van der Waals surface area contributed by atoms with Gasteiger partial charge in [0, 0.05) is 18.3 Å². The van der Waals surface area contributed by atoms with E-state index in [4.69, 9.17) is 5.73 Å². The maximum absolute atomic E-state index is 10.9. The van der Waals surface area contributed by atoms with Crippen molar-refractivity contribution in [2.75, 3.05) is 0 Å². The maximum atomic E-state index is 10.9. The fourth-order valence-corrected chi connectivity index (χ4v) is 3.63. The molecule has 3 N–H and O–H groups in total. The molecule has 0 spiro atoms. The van der Waals surface area contributed by atoms with Gasteiger partial charge < -0.3 is 5.73 Å². The van der Waals surface area contributed by atoms with Crippen LogP contribution in [0.4, 0.5) is 4.79 Å². The number of hydrogen-bond acceptors (Lipinski definition) is 3. The fourth-order valence-electron chi connectivity index (χ4n) is 3.63. The van der Waals surface area contributed by atoms with Crippen molar-refractivity contribution < 1.29 is 10.0 Å². The molecule has 1 aromatic carbocycles. The number of rotatable bonds is 12. The number of amides is 2. The van der Waals surface area contributed by atoms with Gasteiger partial charge in [-0.3, -0.25) is 10.2 Å². The number of aromatic nitrogens is 1. The lowest BCUT2D eigenvalue weighted by Gasteiger charge is -2.20. The second kappa shape index (κ2) is 12.1. The minimum atomic E-state index is -0.783. The third kappa shape index (κ3) is 7.31. The highest BCUT2D eigenvalue weighted by Crippen LogP contribution is 2.29. The molecule has 0 aliphatic heterocycles. The predicted octanol–water partition coefficient (Wildman–Crippen LogP) is 5.49. The van der Waals surface area contributed by atoms with Gasteiger partial charge in [0.15, 0.2) is 0 Å². The maximum Gasteiger partial charge on any atom is 0.338 e. The summed E-state index contributed by atoms with van der Waals surface area (Å²) in [4.78, 5) is 15.2. The molecule has 2 unspecified atom stereocenters. The van der Waals surface area contributed by atoms with Crippen molar-refractivity contribution in [2.45, 2.75) is 70.3 Å². The number of primary amides is 1. The van der Waals surface area contributed by atoms with Crippen LogP contribution in [0.2, 0.25) is 0 Å². The quantitative estimate of drug-likeness (QED) is 0.289. The van der Waals surface area contributed by atoms with Crippen molar-refractivity contribution in [3.8, 4) is 0 Å². The van der Waals surface area contributed by atoms with Crippen molar-refractivity contribution in [2.24, 2.45) is 5.73 Å². The fraction of sp³-hybridized carbons (Fsp3) is 0.478. The summed E-state index contributed by atoms with van der Waals surface area (Å²) in [5.41, 5.74) is 7.70. The highest BCUT2D eigenvalue weighted by molar-refractivity contribution is 5.70. The van der Waals surface area contributed by atoms with Crippen molar-refractivity contribution in [3.05, 3.63) is 66.0 Å². The Morgan fingerprint density at radius 2 is 1.57 bits per heavy atom. The molecule has 5 heteroatoms. The number of urea groups is 1. The van der Waals surface area contributed by atoms with Crippen LogP contribution in [0.25, 0.3) is 0 Å². The van der Waals surface area contributed by atoms with Crippen LogP contribution in [0.5, 0.6) is 0 Å². The van der Waals surface area contributed by atoms with Gasteiger partial charge in [-0.25, -0.2) is 9.86 Å². The SMILES string of the molecule is CC(CCCCCCCCC(c1ccccc1)c1cccnc1)N(O)C(N)=O. The molecular formula is C23H33N3O2. The second-order valence-electron chi connectivity index (χ2n) is 7.48. The third-order valence-electron chi connectivity index (χ3n) is 5.30. The van der Waals surface area contributed by atoms with E-state index in [-0.39, 0.29) is 6.04 Å². The van der Waals surface area contributed by atoms with E-state index in [1.807, 2.05) is 25.4 Å². The lowest BCUT2D eigenvalue weighted by molar-refractivity contribution is -0.0720. The van der Waals surface area contributed by atoms with Crippen molar-refractivity contribution in [3.63, 3.8) is 0 Å². The summed E-state index contributed by atoms with van der Waals surface area (Å²) in [5.74, 6) is 0.403. The molecular weight excluding hydrogens is 350 g/mol. The standard InChI is InChI=1S/C23H33N3O2/c1-19(26(28)23(24)27)12-7-4-2-3-5-10-16-22(20-13-8-6-9-14-20)21-15-11-17-25-18-21/h6,8-9,11,13-15,17-19,22,28H,2-5,7,10,12,16H2,1H3,(H2,24,27). The molecule has 28 heavy (non-hydrogen) atoms. The van der Waals surface area contributed by atoms with Gasteiger partial charge in [-0.15, -0.1) is 0 Å². The number of carbonyl (C=O) groups excluding carboxylic acids is 1. The monoisotopic (exact) mass is 383 g/mol. The van der Waals surface area contributed by atoms with E-state index in [0.29, 0.717) is 11.0 Å². The Morgan fingerprint density at radius 1 is 0.964 bits per heavy atom. The van der Waals surface area contributed by atoms with Crippen LogP contribution in [0.1, 0.15) is 75.3 Å². The first kappa shape index (κ1) is 21.9. The van der Waals surface area contributed by atoms with Crippen LogP contribution in [-0.2, 0) is 0 Å². The van der Waals surface area contributed by atoms with Crippen LogP contribution in [0.3, 0.4) is 0 Å². The first-order valence-electron chi connectivity index (χ1n) is 10.3. The number of unbranched alkanes of at least 4 members (excludes halogenated alkanes) is 5. The molecule has 0 radical (unpaired) electrons. The number of benzene rings is 1. The normalized spacial score (nSPS) is 13.1. The molecule has 1 aromatic heterocycles. The molecule has 0 bridgehead atoms. The first-order chi connectivity index (χ1) is 13.6. The number of pyridine rings is 1. The highest BCUT2D eigenvalue weighted by Gasteiger charge is 2.15. The summed E-state index contributed by atoms with van der Waals surface area (Å²) in [6.07, 6.45) is 12.6. The first-order valence-corrected chi connectivity index (χ1v) is 10.3. The van der Waals surface area contributed by atoms with Crippen LogP contribution in [-0.4, -0.2) is 27.3 Å². The molecule has 2 atom stereocenters. The zero-order chi connectivity index (χ0) is 20.2. The summed E-state index contributed by atoms with van der Waals surface area (Å²) in [6.45, 7) is 1.81. The van der Waals surface area contributed by atoms with Gasteiger partial charge in [-0.2, -0.15) is 0 Å². The molecule has 2 rings (SSSR count). The van der Waals surface area contributed by atoms with Gasteiger partial charge in [0.05, 0.1) is 6.04 Å². The number of nitrogens with zero attached hydrogens (tertiary/aromatic N) is 2. The Balaban J connectivity index is 1.67. The van der Waals surface area contributed by atoms with Gasteiger partial charge in [-0.05, 0) is 37.0 Å². The predicted molar refractivity (Wildman–Crippen MR) is 112 cm³/mol. The molecule has 2 amide bonds. The molecule has 1 heterocycles. The van der Waals surface area contributed by atoms with Gasteiger partial charge in [0.2, 0.25) is 0 Å². The summed E-state index contributed by atoms with van der Waals surface area (Å²) >= 11 is 0. The number of carbonyl (C=O) groups is 1. The third-order valence-corrected chi connectivity index (χ3v) is 5.30. The molecule has 0 aliphatic rings. The van der Waals surface area contributed by atoms with E-state index < -0.39 is 6.03 Å². The largest absolute Gasteiger partial charge is 0.350 e. The zero-order valence-corrected chi connectivity index (χ0v) is 16.8. The van der Waals surface area contributed by atoms with E-state index in [9.17, 15) is 10.0 Å². The Labute approximate surface area is 168 Å². The van der Waals surface area contributed by atoms with Crippen LogP contribution in [0.15, 0.2) is 54.9 Å². The molecule has 2 aromatic rings. The number of hydrogen-bond donors (Lipinski definition) is 2. The zero-order valence-electron chi connectivity index (χ0n) is 16.8. The minimum absolute atomic E-state index is 0.219. The van der Waals surface area contributed by atoms with Crippen molar-refractivity contribution >= 4 is 6.03 Å².